The highest BCUT2D eigenvalue weighted by molar-refractivity contribution is 14.1. The van der Waals surface area contributed by atoms with E-state index in [1.54, 1.807) is 20.0 Å². The molecule has 1 aromatic carbocycles. The van der Waals surface area contributed by atoms with Gasteiger partial charge in [-0.05, 0) is 61.6 Å². The summed E-state index contributed by atoms with van der Waals surface area (Å²) < 4.78 is 40.7. The third-order valence-electron chi connectivity index (χ3n) is 3.76. The van der Waals surface area contributed by atoms with E-state index in [4.69, 9.17) is 5.26 Å². The summed E-state index contributed by atoms with van der Waals surface area (Å²) >= 11 is 1.93. The number of nitrogens with one attached hydrogen (secondary N) is 1. The fourth-order valence-electron chi connectivity index (χ4n) is 2.16. The molecule has 0 bridgehead atoms. The first-order chi connectivity index (χ1) is 12.5. The van der Waals surface area contributed by atoms with Gasteiger partial charge in [0, 0.05) is 11.8 Å². The van der Waals surface area contributed by atoms with Crippen LogP contribution in [0.1, 0.15) is 37.6 Å². The van der Waals surface area contributed by atoms with Crippen LogP contribution in [-0.4, -0.2) is 15.7 Å². The number of rotatable bonds is 3. The van der Waals surface area contributed by atoms with Gasteiger partial charge in [-0.2, -0.15) is 23.5 Å². The van der Waals surface area contributed by atoms with Crippen molar-refractivity contribution in [2.45, 2.75) is 32.5 Å². The van der Waals surface area contributed by atoms with Crippen LogP contribution in [0.3, 0.4) is 0 Å². The van der Waals surface area contributed by atoms with Crippen molar-refractivity contribution in [1.82, 2.24) is 9.78 Å². The number of halogens is 4. The van der Waals surface area contributed by atoms with Gasteiger partial charge in [-0.3, -0.25) is 9.48 Å². The van der Waals surface area contributed by atoms with Gasteiger partial charge < -0.3 is 5.32 Å². The Kier molecular flexibility index (Phi) is 5.85. The van der Waals surface area contributed by atoms with E-state index in [0.29, 0.717) is 3.57 Å². The number of nitrogens with zero attached hydrogens (tertiary/aromatic N) is 3. The monoisotopic (exact) mass is 486 g/mol. The number of carbonyl (C=O) groups excluding carboxylic acids is 1. The quantitative estimate of drug-likeness (QED) is 0.525. The van der Waals surface area contributed by atoms with Gasteiger partial charge in [0.15, 0.2) is 5.69 Å². The topological polar surface area (TPSA) is 70.7 Å². The summed E-state index contributed by atoms with van der Waals surface area (Å²) in [6.07, 6.45) is -2.95. The van der Waals surface area contributed by atoms with E-state index in [-0.39, 0.29) is 16.9 Å². The zero-order valence-electron chi connectivity index (χ0n) is 14.6. The van der Waals surface area contributed by atoms with Crippen LogP contribution in [0.5, 0.6) is 0 Å². The van der Waals surface area contributed by atoms with E-state index in [1.807, 2.05) is 28.7 Å². The molecule has 0 radical (unpaired) electrons. The zero-order valence-corrected chi connectivity index (χ0v) is 16.7. The summed E-state index contributed by atoms with van der Waals surface area (Å²) in [5, 5.41) is 15.7. The molecule has 0 spiro atoms. The first-order valence-electron chi connectivity index (χ1n) is 7.62. The molecule has 1 amide bonds. The molecule has 9 heteroatoms. The minimum Gasteiger partial charge on any atom is -0.323 e. The molecule has 0 aliphatic carbocycles. The van der Waals surface area contributed by atoms with Gasteiger partial charge in [0.2, 0.25) is 0 Å². The Hall–Kier alpha value is -2.53. The first kappa shape index (κ1) is 20.8. The van der Waals surface area contributed by atoms with Crippen LogP contribution in [-0.2, 0) is 16.5 Å². The van der Waals surface area contributed by atoms with Crippen molar-refractivity contribution in [3.63, 3.8) is 0 Å². The number of benzene rings is 1. The smallest absolute Gasteiger partial charge is 0.323 e. The maximum Gasteiger partial charge on any atom is 0.416 e. The standard InChI is InChI=1S/C18H14F3IN4O/c1-4-5-11-8-12(18(19,20)21)6-7-14(11)24-16(27)17(2,3)26-10-13(22)15(9-23)25-26/h6-8,10H,1-3H3,(H,24,27). The summed E-state index contributed by atoms with van der Waals surface area (Å²) in [7, 11) is 0. The molecule has 140 valence electrons. The van der Waals surface area contributed by atoms with Crippen molar-refractivity contribution in [2.75, 3.05) is 5.32 Å². The lowest BCUT2D eigenvalue weighted by molar-refractivity contribution is -0.137. The molecule has 27 heavy (non-hydrogen) atoms. The third-order valence-corrected chi connectivity index (χ3v) is 4.55. The molecule has 0 unspecified atom stereocenters. The fourth-order valence-corrected chi connectivity index (χ4v) is 2.65. The molecular weight excluding hydrogens is 472 g/mol. The Morgan fingerprint density at radius 3 is 2.52 bits per heavy atom. The zero-order chi connectivity index (χ0) is 20.4. The molecular formula is C18H14F3IN4O. The summed E-state index contributed by atoms with van der Waals surface area (Å²) in [6, 6.07) is 4.87. The van der Waals surface area contributed by atoms with E-state index < -0.39 is 23.2 Å². The van der Waals surface area contributed by atoms with Gasteiger partial charge in [0.25, 0.3) is 5.91 Å². The number of anilines is 1. The summed E-state index contributed by atoms with van der Waals surface area (Å²) in [6.45, 7) is 4.66. The Bertz CT molecular complexity index is 991. The van der Waals surface area contributed by atoms with Crippen molar-refractivity contribution in [3.8, 4) is 17.9 Å². The Morgan fingerprint density at radius 1 is 1.33 bits per heavy atom. The second kappa shape index (κ2) is 7.61. The number of hydrogen-bond donors (Lipinski definition) is 1. The largest absolute Gasteiger partial charge is 0.416 e. The molecule has 0 fully saturated rings. The molecule has 1 heterocycles. The lowest BCUT2D eigenvalue weighted by Gasteiger charge is -2.24. The van der Waals surface area contributed by atoms with Crippen LogP contribution in [0.15, 0.2) is 24.4 Å². The lowest BCUT2D eigenvalue weighted by atomic mass is 10.0. The van der Waals surface area contributed by atoms with Gasteiger partial charge in [-0.15, -0.1) is 5.92 Å². The van der Waals surface area contributed by atoms with Crippen LogP contribution >= 0.6 is 22.6 Å². The maximum atomic E-state index is 12.9. The summed E-state index contributed by atoms with van der Waals surface area (Å²) in [5.41, 5.74) is -1.63. The lowest BCUT2D eigenvalue weighted by Crippen LogP contribution is -2.40. The number of hydrogen-bond acceptors (Lipinski definition) is 3. The van der Waals surface area contributed by atoms with E-state index >= 15 is 0 Å². The first-order valence-corrected chi connectivity index (χ1v) is 8.69. The van der Waals surface area contributed by atoms with E-state index in [0.717, 1.165) is 12.1 Å². The van der Waals surface area contributed by atoms with Crippen LogP contribution < -0.4 is 5.32 Å². The van der Waals surface area contributed by atoms with Gasteiger partial charge >= 0.3 is 6.18 Å². The van der Waals surface area contributed by atoms with Crippen LogP contribution in [0, 0.1) is 26.7 Å². The minimum absolute atomic E-state index is 0.0595. The van der Waals surface area contributed by atoms with Crippen LogP contribution in [0.25, 0.3) is 0 Å². The third kappa shape index (κ3) is 4.42. The van der Waals surface area contributed by atoms with Gasteiger partial charge in [-0.25, -0.2) is 0 Å². The normalized spacial score (nSPS) is 11.3. The Balaban J connectivity index is 2.38. The van der Waals surface area contributed by atoms with Gasteiger partial charge in [-0.1, -0.05) is 5.92 Å². The van der Waals surface area contributed by atoms with Crippen LogP contribution in [0.4, 0.5) is 18.9 Å². The summed E-state index contributed by atoms with van der Waals surface area (Å²) in [5.74, 6) is 4.61. The average Bonchev–Trinajstić information content (AvgIpc) is 2.97. The maximum absolute atomic E-state index is 12.9. The number of amides is 1. The fraction of sp³-hybridized carbons (Fsp3) is 0.278. The van der Waals surface area contributed by atoms with Gasteiger partial charge in [0.1, 0.15) is 11.6 Å². The van der Waals surface area contributed by atoms with E-state index in [1.165, 1.54) is 17.7 Å². The van der Waals surface area contributed by atoms with Crippen molar-refractivity contribution >= 4 is 34.2 Å². The Labute approximate surface area is 167 Å². The molecule has 0 saturated heterocycles. The summed E-state index contributed by atoms with van der Waals surface area (Å²) in [4.78, 5) is 12.8. The van der Waals surface area contributed by atoms with Crippen molar-refractivity contribution in [2.24, 2.45) is 0 Å². The number of aromatic nitrogens is 2. The number of carbonyl (C=O) groups is 1. The van der Waals surface area contributed by atoms with Gasteiger partial charge in [0.05, 0.1) is 14.8 Å². The highest BCUT2D eigenvalue weighted by Crippen LogP contribution is 2.32. The van der Waals surface area contributed by atoms with Crippen molar-refractivity contribution < 1.29 is 18.0 Å². The Morgan fingerprint density at radius 2 is 2.00 bits per heavy atom. The molecule has 5 nitrogen and oxygen atoms in total. The van der Waals surface area contributed by atoms with Crippen molar-refractivity contribution in [1.29, 1.82) is 5.26 Å². The molecule has 0 aliphatic heterocycles. The predicted molar refractivity (Wildman–Crippen MR) is 102 cm³/mol. The average molecular weight is 486 g/mol. The second-order valence-corrected chi connectivity index (χ2v) is 7.19. The predicted octanol–water partition coefficient (Wildman–Crippen LogP) is 4.12. The second-order valence-electron chi connectivity index (χ2n) is 6.03. The van der Waals surface area contributed by atoms with E-state index in [2.05, 4.69) is 22.3 Å². The molecule has 0 aliphatic rings. The van der Waals surface area contributed by atoms with Crippen LogP contribution in [0.2, 0.25) is 0 Å². The number of nitriles is 1. The molecule has 1 aromatic heterocycles. The number of alkyl halides is 3. The SMILES string of the molecule is CC#Cc1cc(C(F)(F)F)ccc1NC(=O)C(C)(C)n1cc(I)c(C#N)n1. The van der Waals surface area contributed by atoms with E-state index in [9.17, 15) is 18.0 Å². The highest BCUT2D eigenvalue weighted by atomic mass is 127. The molecule has 0 atom stereocenters. The molecule has 0 saturated carbocycles. The highest BCUT2D eigenvalue weighted by Gasteiger charge is 2.33. The minimum atomic E-state index is -4.51. The van der Waals surface area contributed by atoms with Crippen molar-refractivity contribution in [3.05, 3.63) is 44.8 Å². The molecule has 2 rings (SSSR count). The molecule has 2 aromatic rings. The molecule has 1 N–H and O–H groups in total.